The van der Waals surface area contributed by atoms with Gasteiger partial charge in [-0.25, -0.2) is 0 Å². The first-order valence-corrected chi connectivity index (χ1v) is 13.2. The number of aliphatic carboxylic acids is 1. The summed E-state index contributed by atoms with van der Waals surface area (Å²) in [5.41, 5.74) is 4.52. The first kappa shape index (κ1) is 25.5. The number of hydrogen-bond donors (Lipinski definition) is 2. The Kier molecular flexibility index (Phi) is 8.02. The summed E-state index contributed by atoms with van der Waals surface area (Å²) in [6, 6.07) is 26.3. The van der Waals surface area contributed by atoms with Gasteiger partial charge in [-0.15, -0.1) is 0 Å². The van der Waals surface area contributed by atoms with Gasteiger partial charge in [-0.1, -0.05) is 66.7 Å². The zero-order chi connectivity index (χ0) is 26.3. The molecule has 0 bridgehead atoms. The normalized spacial score (nSPS) is 18.8. The highest BCUT2D eigenvalue weighted by Crippen LogP contribution is 2.29. The van der Waals surface area contributed by atoms with Crippen LogP contribution in [-0.4, -0.2) is 60.0 Å². The van der Waals surface area contributed by atoms with Crippen molar-refractivity contribution in [3.05, 3.63) is 90.0 Å². The molecular formula is C31H33N3O4. The number of carbonyl (C=O) groups excluding carboxylic acids is 1. The molecule has 7 heteroatoms. The summed E-state index contributed by atoms with van der Waals surface area (Å²) in [6.07, 6.45) is 2.06. The van der Waals surface area contributed by atoms with Gasteiger partial charge in [0.25, 0.3) is 0 Å². The lowest BCUT2D eigenvalue weighted by Crippen LogP contribution is -2.38. The lowest BCUT2D eigenvalue weighted by molar-refractivity contribution is -0.142. The van der Waals surface area contributed by atoms with E-state index in [9.17, 15) is 14.7 Å². The molecule has 2 atom stereocenters. The van der Waals surface area contributed by atoms with E-state index >= 15 is 0 Å². The highest BCUT2D eigenvalue weighted by atomic mass is 16.5. The number of benzene rings is 3. The molecule has 196 valence electrons. The molecule has 2 heterocycles. The van der Waals surface area contributed by atoms with E-state index in [4.69, 9.17) is 4.74 Å². The Morgan fingerprint density at radius 3 is 2.32 bits per heavy atom. The van der Waals surface area contributed by atoms with Crippen LogP contribution in [0.1, 0.15) is 30.4 Å². The highest BCUT2D eigenvalue weighted by molar-refractivity contribution is 6.00. The van der Waals surface area contributed by atoms with Crippen LogP contribution >= 0.6 is 0 Å². The van der Waals surface area contributed by atoms with Gasteiger partial charge in [-0.2, -0.15) is 0 Å². The Morgan fingerprint density at radius 2 is 1.66 bits per heavy atom. The molecule has 38 heavy (non-hydrogen) atoms. The number of nitrogens with one attached hydrogen (secondary N) is 1. The summed E-state index contributed by atoms with van der Waals surface area (Å²) in [4.78, 5) is 30.6. The van der Waals surface area contributed by atoms with Crippen LogP contribution in [0.15, 0.2) is 83.9 Å². The number of aliphatic imine (C=N–C) groups is 1. The molecule has 5 rings (SSSR count). The Labute approximate surface area is 223 Å². The molecular weight excluding hydrogens is 478 g/mol. The fourth-order valence-electron chi connectivity index (χ4n) is 5.25. The van der Waals surface area contributed by atoms with Crippen molar-refractivity contribution < 1.29 is 19.4 Å². The number of nitrogens with zero attached hydrogens (tertiary/aromatic N) is 2. The van der Waals surface area contributed by atoms with E-state index in [1.165, 1.54) is 5.56 Å². The van der Waals surface area contributed by atoms with Crippen molar-refractivity contribution in [2.24, 2.45) is 10.9 Å². The minimum Gasteiger partial charge on any atom is -0.491 e. The number of amidine groups is 1. The fourth-order valence-corrected chi connectivity index (χ4v) is 5.25. The molecule has 2 aliphatic heterocycles. The van der Waals surface area contributed by atoms with Crippen molar-refractivity contribution in [1.29, 1.82) is 0 Å². The van der Waals surface area contributed by atoms with Crippen LogP contribution < -0.4 is 10.1 Å². The van der Waals surface area contributed by atoms with E-state index in [1.807, 2.05) is 47.4 Å². The van der Waals surface area contributed by atoms with Gasteiger partial charge in [0.1, 0.15) is 18.2 Å². The summed E-state index contributed by atoms with van der Waals surface area (Å²) < 4.78 is 6.10. The molecule has 0 saturated carbocycles. The largest absolute Gasteiger partial charge is 0.491 e. The predicted molar refractivity (Wildman–Crippen MR) is 147 cm³/mol. The standard InChI is InChI=1S/C31H33N3O4/c35-29(36)20-26-19-27(34(31(26)37)18-4-7-22-5-2-1-3-6-22)21-38-28-14-12-24(13-15-28)23-8-10-25(11-9-23)30-32-16-17-33-30/h1-3,5-6,8-15,26-27H,4,7,16-21H2,(H,32,33)(H,35,36)/t26-,27-/m0/s1. The van der Waals surface area contributed by atoms with Crippen LogP contribution in [0.3, 0.4) is 0 Å². The summed E-state index contributed by atoms with van der Waals surface area (Å²) in [6.45, 7) is 2.64. The summed E-state index contributed by atoms with van der Waals surface area (Å²) in [7, 11) is 0. The fraction of sp³-hybridized carbons (Fsp3) is 0.323. The van der Waals surface area contributed by atoms with Crippen molar-refractivity contribution in [1.82, 2.24) is 10.2 Å². The second kappa shape index (κ2) is 11.9. The van der Waals surface area contributed by atoms with Gasteiger partial charge < -0.3 is 20.1 Å². The van der Waals surface area contributed by atoms with Crippen molar-refractivity contribution in [2.45, 2.75) is 31.7 Å². The molecule has 0 radical (unpaired) electrons. The monoisotopic (exact) mass is 511 g/mol. The molecule has 2 N–H and O–H groups in total. The van der Waals surface area contributed by atoms with Gasteiger partial charge in [-0.05, 0) is 48.1 Å². The minimum atomic E-state index is -0.940. The second-order valence-electron chi connectivity index (χ2n) is 9.87. The molecule has 0 aromatic heterocycles. The van der Waals surface area contributed by atoms with Gasteiger partial charge in [0.2, 0.25) is 5.91 Å². The predicted octanol–water partition coefficient (Wildman–Crippen LogP) is 4.41. The molecule has 0 spiro atoms. The third-order valence-corrected chi connectivity index (χ3v) is 7.22. The van der Waals surface area contributed by atoms with Crippen LogP contribution in [0.5, 0.6) is 5.75 Å². The minimum absolute atomic E-state index is 0.0772. The number of hydrogen-bond acceptors (Lipinski definition) is 5. The van der Waals surface area contributed by atoms with Gasteiger partial charge in [0.05, 0.1) is 24.9 Å². The topological polar surface area (TPSA) is 91.2 Å². The third-order valence-electron chi connectivity index (χ3n) is 7.22. The zero-order valence-electron chi connectivity index (χ0n) is 21.4. The van der Waals surface area contributed by atoms with Crippen LogP contribution in [0.2, 0.25) is 0 Å². The molecule has 3 aromatic rings. The average molecular weight is 512 g/mol. The van der Waals surface area contributed by atoms with Crippen LogP contribution in [-0.2, 0) is 16.0 Å². The summed E-state index contributed by atoms with van der Waals surface area (Å²) in [5.74, 6) is 0.170. The first-order valence-electron chi connectivity index (χ1n) is 13.2. The molecule has 0 aliphatic carbocycles. The number of likely N-dealkylation sites (tertiary alicyclic amines) is 1. The third kappa shape index (κ3) is 6.22. The number of rotatable bonds is 11. The van der Waals surface area contributed by atoms with Crippen molar-refractivity contribution in [2.75, 3.05) is 26.2 Å². The van der Waals surface area contributed by atoms with Crippen molar-refractivity contribution >= 4 is 17.7 Å². The number of carboxylic acid groups (broad SMARTS) is 1. The van der Waals surface area contributed by atoms with Crippen molar-refractivity contribution in [3.8, 4) is 16.9 Å². The van der Waals surface area contributed by atoms with Gasteiger partial charge in [0.15, 0.2) is 0 Å². The number of ether oxygens (including phenoxy) is 1. The number of carboxylic acids is 1. The lowest BCUT2D eigenvalue weighted by atomic mass is 10.0. The van der Waals surface area contributed by atoms with Gasteiger partial charge >= 0.3 is 5.97 Å². The Morgan fingerprint density at radius 1 is 0.974 bits per heavy atom. The maximum Gasteiger partial charge on any atom is 0.304 e. The highest BCUT2D eigenvalue weighted by Gasteiger charge is 2.40. The molecule has 1 fully saturated rings. The molecule has 1 amide bonds. The van der Waals surface area contributed by atoms with Crippen LogP contribution in [0.25, 0.3) is 11.1 Å². The quantitative estimate of drug-likeness (QED) is 0.398. The van der Waals surface area contributed by atoms with E-state index in [2.05, 4.69) is 46.7 Å². The summed E-state index contributed by atoms with van der Waals surface area (Å²) >= 11 is 0. The maximum absolute atomic E-state index is 13.0. The molecule has 3 aromatic carbocycles. The maximum atomic E-state index is 13.0. The average Bonchev–Trinajstić information content (AvgIpc) is 3.58. The smallest absolute Gasteiger partial charge is 0.304 e. The number of aryl methyl sites for hydroxylation is 1. The van der Waals surface area contributed by atoms with E-state index in [0.29, 0.717) is 19.6 Å². The van der Waals surface area contributed by atoms with Gasteiger partial charge in [0, 0.05) is 18.7 Å². The summed E-state index contributed by atoms with van der Waals surface area (Å²) in [5, 5.41) is 12.6. The molecule has 0 unspecified atom stereocenters. The molecule has 2 aliphatic rings. The van der Waals surface area contributed by atoms with Crippen LogP contribution in [0.4, 0.5) is 0 Å². The Hall–Kier alpha value is -4.13. The molecule has 7 nitrogen and oxygen atoms in total. The van der Waals surface area contributed by atoms with Crippen molar-refractivity contribution in [3.63, 3.8) is 0 Å². The van der Waals surface area contributed by atoms with E-state index in [-0.39, 0.29) is 18.4 Å². The zero-order valence-corrected chi connectivity index (χ0v) is 21.4. The number of amides is 1. The van der Waals surface area contributed by atoms with E-state index in [1.54, 1.807) is 0 Å². The SMILES string of the molecule is O=C(O)C[C@@H]1C[C@@H](COc2ccc(-c3ccc(C4=NCCN4)cc3)cc2)N(CCCc2ccccc2)C1=O. The van der Waals surface area contributed by atoms with E-state index < -0.39 is 11.9 Å². The lowest BCUT2D eigenvalue weighted by Gasteiger charge is -2.25. The van der Waals surface area contributed by atoms with Crippen LogP contribution in [0, 0.1) is 5.92 Å². The Bertz CT molecular complexity index is 1270. The second-order valence-corrected chi connectivity index (χ2v) is 9.87. The number of carbonyl (C=O) groups is 2. The first-order chi connectivity index (χ1) is 18.6. The van der Waals surface area contributed by atoms with Gasteiger partial charge in [-0.3, -0.25) is 14.6 Å². The van der Waals surface area contributed by atoms with E-state index in [0.717, 1.165) is 54.2 Å². The Balaban J connectivity index is 1.19. The molecule has 1 saturated heterocycles.